The zero-order valence-electron chi connectivity index (χ0n) is 19.3. The largest absolute Gasteiger partial charge is 0.274 e. The third kappa shape index (κ3) is 4.96. The van der Waals surface area contributed by atoms with Crippen molar-refractivity contribution in [3.63, 3.8) is 0 Å². The molecule has 1 N–H and O–H groups in total. The van der Waals surface area contributed by atoms with Gasteiger partial charge in [-0.05, 0) is 53.9 Å². The summed E-state index contributed by atoms with van der Waals surface area (Å²) in [5, 5.41) is 0.866. The van der Waals surface area contributed by atoms with E-state index in [4.69, 9.17) is 0 Å². The van der Waals surface area contributed by atoms with Gasteiger partial charge in [-0.1, -0.05) is 50.2 Å². The van der Waals surface area contributed by atoms with Crippen LogP contribution in [-0.2, 0) is 9.59 Å². The number of hydrogen-bond donors (Lipinski definition) is 1. The topological polar surface area (TPSA) is 86.8 Å². The van der Waals surface area contributed by atoms with Crippen molar-refractivity contribution in [2.24, 2.45) is 0 Å². The van der Waals surface area contributed by atoms with Gasteiger partial charge >= 0.3 is 0 Å². The first-order valence-corrected chi connectivity index (χ1v) is 11.2. The van der Waals surface area contributed by atoms with Gasteiger partial charge in [0.2, 0.25) is 5.91 Å². The van der Waals surface area contributed by atoms with Crippen LogP contribution in [0, 0.1) is 5.82 Å². The number of benzene rings is 3. The van der Waals surface area contributed by atoms with Crippen LogP contribution < -0.4 is 10.3 Å². The van der Waals surface area contributed by atoms with Gasteiger partial charge in [0.1, 0.15) is 11.9 Å². The van der Waals surface area contributed by atoms with Gasteiger partial charge in [-0.25, -0.2) is 14.3 Å². The minimum atomic E-state index is -1.27. The maximum absolute atomic E-state index is 13.7. The Bertz CT molecular complexity index is 1280. The summed E-state index contributed by atoms with van der Waals surface area (Å²) in [5.41, 5.74) is 4.04. The van der Waals surface area contributed by atoms with E-state index in [1.54, 1.807) is 30.3 Å². The standard InChI is InChI=1S/C27H24FN3O4/c1-17(2)18-11-13-22(14-12-18)30-24(32)16-23(27(30)35)31(26(34)19-7-4-3-5-8-19)29-25(33)20-9-6-10-21(28)15-20/h3-15,17,23H,16H2,1-2H3,(H,29,33). The van der Waals surface area contributed by atoms with Gasteiger partial charge in [-0.3, -0.25) is 24.6 Å². The summed E-state index contributed by atoms with van der Waals surface area (Å²) >= 11 is 0. The lowest BCUT2D eigenvalue weighted by atomic mass is 10.0. The molecule has 8 heteroatoms. The summed E-state index contributed by atoms with van der Waals surface area (Å²) in [6.45, 7) is 4.07. The second kappa shape index (κ2) is 9.89. The van der Waals surface area contributed by atoms with E-state index < -0.39 is 35.5 Å². The van der Waals surface area contributed by atoms with Crippen molar-refractivity contribution in [3.8, 4) is 0 Å². The second-order valence-electron chi connectivity index (χ2n) is 8.53. The molecule has 1 fully saturated rings. The Morgan fingerprint density at radius 1 is 0.943 bits per heavy atom. The lowest BCUT2D eigenvalue weighted by Gasteiger charge is -2.28. The average Bonchev–Trinajstić information content (AvgIpc) is 3.15. The first-order chi connectivity index (χ1) is 16.8. The predicted octanol–water partition coefficient (Wildman–Crippen LogP) is 4.07. The molecule has 1 atom stereocenters. The summed E-state index contributed by atoms with van der Waals surface area (Å²) in [6, 6.07) is 18.8. The fourth-order valence-electron chi connectivity index (χ4n) is 3.89. The highest BCUT2D eigenvalue weighted by Crippen LogP contribution is 2.27. The molecule has 0 aromatic heterocycles. The van der Waals surface area contributed by atoms with Crippen LogP contribution in [0.3, 0.4) is 0 Å². The van der Waals surface area contributed by atoms with Crippen LogP contribution in [-0.4, -0.2) is 34.7 Å². The summed E-state index contributed by atoms with van der Waals surface area (Å²) in [5.74, 6) is -2.94. The van der Waals surface area contributed by atoms with E-state index in [1.807, 2.05) is 26.0 Å². The van der Waals surface area contributed by atoms with Crippen molar-refractivity contribution in [3.05, 3.63) is 101 Å². The minimum Gasteiger partial charge on any atom is -0.274 e. The highest BCUT2D eigenvalue weighted by atomic mass is 19.1. The zero-order valence-corrected chi connectivity index (χ0v) is 19.3. The maximum Gasteiger partial charge on any atom is 0.273 e. The number of nitrogens with zero attached hydrogens (tertiary/aromatic N) is 2. The lowest BCUT2D eigenvalue weighted by molar-refractivity contribution is -0.122. The Hall–Kier alpha value is -4.33. The third-order valence-corrected chi connectivity index (χ3v) is 5.80. The first kappa shape index (κ1) is 23.8. The SMILES string of the molecule is CC(C)c1ccc(N2C(=O)CC(N(NC(=O)c3cccc(F)c3)C(=O)c3ccccc3)C2=O)cc1. The molecule has 1 saturated heterocycles. The molecule has 3 aromatic carbocycles. The Morgan fingerprint density at radius 3 is 2.23 bits per heavy atom. The van der Waals surface area contributed by atoms with Gasteiger partial charge in [0.05, 0.1) is 12.1 Å². The molecule has 0 spiro atoms. The van der Waals surface area contributed by atoms with E-state index in [9.17, 15) is 23.6 Å². The summed E-state index contributed by atoms with van der Waals surface area (Å²) in [6.07, 6.45) is -0.313. The first-order valence-electron chi connectivity index (χ1n) is 11.2. The molecular formula is C27H24FN3O4. The molecule has 7 nitrogen and oxygen atoms in total. The molecular weight excluding hydrogens is 449 g/mol. The van der Waals surface area contributed by atoms with E-state index >= 15 is 0 Å². The number of hydrogen-bond acceptors (Lipinski definition) is 4. The fraction of sp³-hybridized carbons (Fsp3) is 0.185. The number of halogens is 1. The molecule has 1 aliphatic heterocycles. The van der Waals surface area contributed by atoms with Gasteiger partial charge in [-0.2, -0.15) is 0 Å². The summed E-state index contributed by atoms with van der Waals surface area (Å²) < 4.78 is 13.7. The number of carbonyl (C=O) groups excluding carboxylic acids is 4. The Morgan fingerprint density at radius 2 is 1.60 bits per heavy atom. The molecule has 0 radical (unpaired) electrons. The van der Waals surface area contributed by atoms with Crippen molar-refractivity contribution < 1.29 is 23.6 Å². The van der Waals surface area contributed by atoms with E-state index in [0.29, 0.717) is 5.69 Å². The van der Waals surface area contributed by atoms with Crippen LogP contribution in [0.25, 0.3) is 0 Å². The fourth-order valence-corrected chi connectivity index (χ4v) is 3.89. The van der Waals surface area contributed by atoms with Crippen LogP contribution in [0.2, 0.25) is 0 Å². The number of hydrazine groups is 1. The molecule has 1 aliphatic rings. The summed E-state index contributed by atoms with van der Waals surface area (Å²) in [4.78, 5) is 53.5. The highest BCUT2D eigenvalue weighted by Gasteiger charge is 2.45. The number of rotatable bonds is 5. The molecule has 0 saturated carbocycles. The molecule has 35 heavy (non-hydrogen) atoms. The van der Waals surface area contributed by atoms with Crippen LogP contribution >= 0.6 is 0 Å². The van der Waals surface area contributed by atoms with Crippen molar-refractivity contribution in [1.82, 2.24) is 10.4 Å². The predicted molar refractivity (Wildman–Crippen MR) is 128 cm³/mol. The number of carbonyl (C=O) groups is 4. The van der Waals surface area contributed by atoms with Crippen LogP contribution in [0.4, 0.5) is 10.1 Å². The smallest absolute Gasteiger partial charge is 0.273 e. The number of amides is 4. The van der Waals surface area contributed by atoms with Gasteiger partial charge < -0.3 is 0 Å². The Balaban J connectivity index is 1.66. The molecule has 1 unspecified atom stereocenters. The van der Waals surface area contributed by atoms with Crippen LogP contribution in [0.1, 0.15) is 52.5 Å². The molecule has 0 bridgehead atoms. The number of imide groups is 1. The van der Waals surface area contributed by atoms with Gasteiger partial charge in [0.15, 0.2) is 0 Å². The van der Waals surface area contributed by atoms with Crippen molar-refractivity contribution >= 4 is 29.3 Å². The second-order valence-corrected chi connectivity index (χ2v) is 8.53. The molecule has 4 rings (SSSR count). The van der Waals surface area contributed by atoms with Crippen LogP contribution in [0.5, 0.6) is 0 Å². The number of anilines is 1. The molecule has 3 aromatic rings. The van der Waals surface area contributed by atoms with E-state index in [-0.39, 0.29) is 23.5 Å². The summed E-state index contributed by atoms with van der Waals surface area (Å²) in [7, 11) is 0. The lowest BCUT2D eigenvalue weighted by Crippen LogP contribution is -2.54. The molecule has 0 aliphatic carbocycles. The minimum absolute atomic E-state index is 0.0336. The van der Waals surface area contributed by atoms with Gasteiger partial charge in [0, 0.05) is 11.1 Å². The van der Waals surface area contributed by atoms with Crippen molar-refractivity contribution in [2.75, 3.05) is 4.90 Å². The van der Waals surface area contributed by atoms with Crippen LogP contribution in [0.15, 0.2) is 78.9 Å². The van der Waals surface area contributed by atoms with Crippen molar-refractivity contribution in [1.29, 1.82) is 0 Å². The quantitative estimate of drug-likeness (QED) is 0.447. The normalized spacial score (nSPS) is 15.4. The van der Waals surface area contributed by atoms with Gasteiger partial charge in [-0.15, -0.1) is 0 Å². The molecule has 1 heterocycles. The van der Waals surface area contributed by atoms with Crippen molar-refractivity contribution in [2.45, 2.75) is 32.2 Å². The Labute approximate surface area is 202 Å². The molecule has 4 amide bonds. The highest BCUT2D eigenvalue weighted by molar-refractivity contribution is 6.23. The third-order valence-electron chi connectivity index (χ3n) is 5.80. The average molecular weight is 474 g/mol. The van der Waals surface area contributed by atoms with E-state index in [2.05, 4.69) is 5.43 Å². The van der Waals surface area contributed by atoms with E-state index in [1.165, 1.54) is 30.3 Å². The van der Waals surface area contributed by atoms with Gasteiger partial charge in [0.25, 0.3) is 17.7 Å². The van der Waals surface area contributed by atoms with E-state index in [0.717, 1.165) is 21.5 Å². The maximum atomic E-state index is 13.7. The monoisotopic (exact) mass is 473 g/mol. The number of nitrogens with one attached hydrogen (secondary N) is 1. The zero-order chi connectivity index (χ0) is 25.1. The molecule has 178 valence electrons. The Kier molecular flexibility index (Phi) is 6.73.